The van der Waals surface area contributed by atoms with E-state index in [0.717, 1.165) is 31.4 Å². The standard InChI is InChI=1S/C17H25NO2/c1-14-7-9-15(10-8-14)18(2)13-17(16(19)20)11-5-3-4-6-12-17/h7-10H,3-6,11-13H2,1-2H3,(H,19,20). The molecule has 0 saturated heterocycles. The second kappa shape index (κ2) is 6.29. The van der Waals surface area contributed by atoms with E-state index in [9.17, 15) is 9.90 Å². The summed E-state index contributed by atoms with van der Waals surface area (Å²) in [7, 11) is 2.00. The number of aliphatic carboxylic acids is 1. The average Bonchev–Trinajstić information content (AvgIpc) is 2.66. The van der Waals surface area contributed by atoms with Gasteiger partial charge in [0, 0.05) is 19.3 Å². The molecule has 1 saturated carbocycles. The van der Waals surface area contributed by atoms with E-state index >= 15 is 0 Å². The number of hydrogen-bond acceptors (Lipinski definition) is 2. The Balaban J connectivity index is 2.14. The highest BCUT2D eigenvalue weighted by Gasteiger charge is 2.39. The highest BCUT2D eigenvalue weighted by molar-refractivity contribution is 5.75. The zero-order chi connectivity index (χ0) is 14.6. The summed E-state index contributed by atoms with van der Waals surface area (Å²) in [5, 5.41) is 9.73. The number of hydrogen-bond donors (Lipinski definition) is 1. The van der Waals surface area contributed by atoms with Crippen molar-refractivity contribution in [1.29, 1.82) is 0 Å². The van der Waals surface area contributed by atoms with Crippen LogP contribution in [0.3, 0.4) is 0 Å². The van der Waals surface area contributed by atoms with Gasteiger partial charge in [-0.3, -0.25) is 4.79 Å². The van der Waals surface area contributed by atoms with Crippen LogP contribution in [0.5, 0.6) is 0 Å². The SMILES string of the molecule is Cc1ccc(N(C)CC2(C(=O)O)CCCCCC2)cc1. The zero-order valence-corrected chi connectivity index (χ0v) is 12.6. The van der Waals surface area contributed by atoms with Gasteiger partial charge in [0.25, 0.3) is 0 Å². The fourth-order valence-corrected chi connectivity index (χ4v) is 3.19. The monoisotopic (exact) mass is 275 g/mol. The van der Waals surface area contributed by atoms with Crippen LogP contribution >= 0.6 is 0 Å². The summed E-state index contributed by atoms with van der Waals surface area (Å²) in [5.74, 6) is -0.627. The van der Waals surface area contributed by atoms with Gasteiger partial charge in [-0.15, -0.1) is 0 Å². The van der Waals surface area contributed by atoms with Crippen LogP contribution in [-0.4, -0.2) is 24.7 Å². The van der Waals surface area contributed by atoms with Gasteiger partial charge < -0.3 is 10.0 Å². The summed E-state index contributed by atoms with van der Waals surface area (Å²) in [6.45, 7) is 2.67. The molecule has 3 heteroatoms. The van der Waals surface area contributed by atoms with Gasteiger partial charge in [-0.2, -0.15) is 0 Å². The van der Waals surface area contributed by atoms with Crippen LogP contribution in [0.15, 0.2) is 24.3 Å². The predicted molar refractivity (Wildman–Crippen MR) is 82.2 cm³/mol. The summed E-state index contributed by atoms with van der Waals surface area (Å²) in [5.41, 5.74) is 1.75. The summed E-state index contributed by atoms with van der Waals surface area (Å²) in [4.78, 5) is 13.9. The Bertz CT molecular complexity index is 445. The van der Waals surface area contributed by atoms with Crippen LogP contribution in [0.4, 0.5) is 5.69 Å². The van der Waals surface area contributed by atoms with Crippen LogP contribution in [0.25, 0.3) is 0 Å². The molecule has 110 valence electrons. The average molecular weight is 275 g/mol. The molecule has 0 unspecified atom stereocenters. The predicted octanol–water partition coefficient (Wildman–Crippen LogP) is 3.86. The smallest absolute Gasteiger partial charge is 0.311 e. The van der Waals surface area contributed by atoms with Crippen LogP contribution in [-0.2, 0) is 4.79 Å². The number of carbonyl (C=O) groups is 1. The lowest BCUT2D eigenvalue weighted by molar-refractivity contribution is -0.149. The van der Waals surface area contributed by atoms with Gasteiger partial charge in [-0.05, 0) is 31.9 Å². The molecule has 0 aliphatic heterocycles. The summed E-state index contributed by atoms with van der Waals surface area (Å²) in [6, 6.07) is 8.29. The molecular formula is C17H25NO2. The summed E-state index contributed by atoms with van der Waals surface area (Å²) < 4.78 is 0. The molecular weight excluding hydrogens is 250 g/mol. The molecule has 0 aromatic heterocycles. The molecule has 1 fully saturated rings. The number of benzene rings is 1. The lowest BCUT2D eigenvalue weighted by atomic mass is 9.80. The Morgan fingerprint density at radius 2 is 1.70 bits per heavy atom. The lowest BCUT2D eigenvalue weighted by Gasteiger charge is -2.33. The molecule has 3 nitrogen and oxygen atoms in total. The maximum Gasteiger partial charge on any atom is 0.311 e. The van der Waals surface area contributed by atoms with Gasteiger partial charge in [0.05, 0.1) is 5.41 Å². The number of rotatable bonds is 4. The van der Waals surface area contributed by atoms with E-state index < -0.39 is 11.4 Å². The molecule has 1 N–H and O–H groups in total. The van der Waals surface area contributed by atoms with E-state index in [1.807, 2.05) is 7.05 Å². The van der Waals surface area contributed by atoms with Crippen LogP contribution in [0.2, 0.25) is 0 Å². The van der Waals surface area contributed by atoms with Gasteiger partial charge in [0.2, 0.25) is 0 Å². The number of anilines is 1. The third-order valence-electron chi connectivity index (χ3n) is 4.53. The first-order valence-electron chi connectivity index (χ1n) is 7.55. The van der Waals surface area contributed by atoms with E-state index in [4.69, 9.17) is 0 Å². The van der Waals surface area contributed by atoms with Crippen molar-refractivity contribution in [2.45, 2.75) is 45.4 Å². The Kier molecular flexibility index (Phi) is 4.69. The van der Waals surface area contributed by atoms with Crippen molar-refractivity contribution in [3.05, 3.63) is 29.8 Å². The minimum Gasteiger partial charge on any atom is -0.481 e. The highest BCUT2D eigenvalue weighted by Crippen LogP contribution is 2.37. The molecule has 1 aromatic carbocycles. The molecule has 0 atom stereocenters. The quantitative estimate of drug-likeness (QED) is 0.848. The molecule has 1 aliphatic carbocycles. The van der Waals surface area contributed by atoms with E-state index in [1.165, 1.54) is 18.4 Å². The van der Waals surface area contributed by atoms with Crippen LogP contribution in [0, 0.1) is 12.3 Å². The van der Waals surface area contributed by atoms with Crippen molar-refractivity contribution in [2.75, 3.05) is 18.5 Å². The number of aryl methyl sites for hydroxylation is 1. The van der Waals surface area contributed by atoms with Gasteiger partial charge >= 0.3 is 5.97 Å². The molecule has 20 heavy (non-hydrogen) atoms. The minimum absolute atomic E-state index is 0.573. The van der Waals surface area contributed by atoms with Crippen molar-refractivity contribution < 1.29 is 9.90 Å². The normalized spacial score (nSPS) is 18.3. The Morgan fingerprint density at radius 3 is 2.20 bits per heavy atom. The molecule has 1 aliphatic rings. The molecule has 0 radical (unpaired) electrons. The second-order valence-electron chi connectivity index (χ2n) is 6.19. The fraction of sp³-hybridized carbons (Fsp3) is 0.588. The van der Waals surface area contributed by atoms with Gasteiger partial charge in [0.15, 0.2) is 0 Å². The largest absolute Gasteiger partial charge is 0.481 e. The maximum absolute atomic E-state index is 11.8. The minimum atomic E-state index is -0.627. The van der Waals surface area contributed by atoms with Gasteiger partial charge in [-0.1, -0.05) is 43.4 Å². The van der Waals surface area contributed by atoms with E-state index in [0.29, 0.717) is 6.54 Å². The molecule has 0 amide bonds. The maximum atomic E-state index is 11.8. The van der Waals surface area contributed by atoms with Gasteiger partial charge in [-0.25, -0.2) is 0 Å². The van der Waals surface area contributed by atoms with E-state index in [2.05, 4.69) is 36.1 Å². The Labute approximate surface area is 121 Å². The first kappa shape index (κ1) is 14.9. The first-order valence-corrected chi connectivity index (χ1v) is 7.55. The van der Waals surface area contributed by atoms with Crippen LogP contribution in [0.1, 0.15) is 44.1 Å². The zero-order valence-electron chi connectivity index (χ0n) is 12.6. The fourth-order valence-electron chi connectivity index (χ4n) is 3.19. The van der Waals surface area contributed by atoms with E-state index in [-0.39, 0.29) is 0 Å². The summed E-state index contributed by atoms with van der Waals surface area (Å²) in [6.07, 6.45) is 6.02. The molecule has 0 bridgehead atoms. The van der Waals surface area contributed by atoms with Crippen molar-refractivity contribution in [3.63, 3.8) is 0 Å². The van der Waals surface area contributed by atoms with Crippen molar-refractivity contribution >= 4 is 11.7 Å². The van der Waals surface area contributed by atoms with E-state index in [1.54, 1.807) is 0 Å². The van der Waals surface area contributed by atoms with Gasteiger partial charge in [0.1, 0.15) is 0 Å². The van der Waals surface area contributed by atoms with Crippen molar-refractivity contribution in [3.8, 4) is 0 Å². The molecule has 0 heterocycles. The molecule has 0 spiro atoms. The molecule has 1 aromatic rings. The Morgan fingerprint density at radius 1 is 1.15 bits per heavy atom. The topological polar surface area (TPSA) is 40.5 Å². The number of carboxylic acid groups (broad SMARTS) is 1. The lowest BCUT2D eigenvalue weighted by Crippen LogP contribution is -2.41. The van der Waals surface area contributed by atoms with Crippen molar-refractivity contribution in [2.24, 2.45) is 5.41 Å². The number of carboxylic acids is 1. The molecule has 2 rings (SSSR count). The third-order valence-corrected chi connectivity index (χ3v) is 4.53. The summed E-state index contributed by atoms with van der Waals surface area (Å²) >= 11 is 0. The third kappa shape index (κ3) is 3.33. The second-order valence-corrected chi connectivity index (χ2v) is 6.19. The van der Waals surface area contributed by atoms with Crippen LogP contribution < -0.4 is 4.90 Å². The first-order chi connectivity index (χ1) is 9.53. The number of nitrogens with zero attached hydrogens (tertiary/aromatic N) is 1. The van der Waals surface area contributed by atoms with Crippen molar-refractivity contribution in [1.82, 2.24) is 0 Å². The highest BCUT2D eigenvalue weighted by atomic mass is 16.4. The Hall–Kier alpha value is -1.51.